The molecule has 126 valence electrons. The van der Waals surface area contributed by atoms with Crippen molar-refractivity contribution in [3.05, 3.63) is 34.9 Å². The quantitative estimate of drug-likeness (QED) is 0.674. The Morgan fingerprint density at radius 2 is 1.87 bits per heavy atom. The lowest BCUT2D eigenvalue weighted by molar-refractivity contribution is -0.120. The monoisotopic (exact) mass is 316 g/mol. The second kappa shape index (κ2) is 5.71. The van der Waals surface area contributed by atoms with Gasteiger partial charge in [-0.2, -0.15) is 0 Å². The number of aliphatic hydroxyl groups is 2. The Morgan fingerprint density at radius 1 is 1.22 bits per heavy atom. The molecule has 0 heterocycles. The van der Waals surface area contributed by atoms with Crippen LogP contribution < -0.4 is 0 Å². The van der Waals surface area contributed by atoms with Gasteiger partial charge in [-0.25, -0.2) is 0 Å². The predicted octanol–water partition coefficient (Wildman–Crippen LogP) is 3.33. The lowest BCUT2D eigenvalue weighted by Crippen LogP contribution is -2.33. The molecule has 3 rings (SSSR count). The SMILES string of the molecule is C=C1CC[C@@H]2CCC3=C(C(=O)[C@@H](/C(C)=C\[C@@H](O)C1)[C@H]3O)C2(C)C. The van der Waals surface area contributed by atoms with E-state index < -0.39 is 18.1 Å². The van der Waals surface area contributed by atoms with E-state index in [1.54, 1.807) is 6.08 Å². The van der Waals surface area contributed by atoms with Crippen molar-refractivity contribution in [2.24, 2.45) is 17.3 Å². The minimum atomic E-state index is -0.717. The molecule has 3 aliphatic rings. The van der Waals surface area contributed by atoms with Gasteiger partial charge in [-0.1, -0.05) is 37.6 Å². The van der Waals surface area contributed by atoms with Gasteiger partial charge in [0.2, 0.25) is 0 Å². The smallest absolute Gasteiger partial charge is 0.169 e. The number of ketones is 1. The average molecular weight is 316 g/mol. The molecule has 0 fully saturated rings. The largest absolute Gasteiger partial charge is 0.389 e. The van der Waals surface area contributed by atoms with Crippen LogP contribution in [0.25, 0.3) is 0 Å². The highest BCUT2D eigenvalue weighted by molar-refractivity contribution is 6.04. The van der Waals surface area contributed by atoms with E-state index in [2.05, 4.69) is 20.4 Å². The molecule has 0 saturated carbocycles. The Hall–Kier alpha value is -1.19. The zero-order valence-electron chi connectivity index (χ0n) is 14.4. The third-order valence-electron chi connectivity index (χ3n) is 6.24. The number of hydrogen-bond donors (Lipinski definition) is 2. The van der Waals surface area contributed by atoms with Gasteiger partial charge in [-0.15, -0.1) is 0 Å². The minimum Gasteiger partial charge on any atom is -0.389 e. The first-order valence-corrected chi connectivity index (χ1v) is 8.72. The van der Waals surface area contributed by atoms with Gasteiger partial charge >= 0.3 is 0 Å². The molecule has 3 bridgehead atoms. The molecule has 0 unspecified atom stereocenters. The van der Waals surface area contributed by atoms with Crippen LogP contribution in [0.15, 0.2) is 34.9 Å². The third-order valence-corrected chi connectivity index (χ3v) is 6.24. The topological polar surface area (TPSA) is 57.5 Å². The first kappa shape index (κ1) is 16.7. The molecule has 23 heavy (non-hydrogen) atoms. The summed E-state index contributed by atoms with van der Waals surface area (Å²) in [6, 6.07) is 0. The molecule has 0 aromatic carbocycles. The Morgan fingerprint density at radius 3 is 2.57 bits per heavy atom. The molecule has 0 aliphatic heterocycles. The number of rotatable bonds is 0. The fourth-order valence-corrected chi connectivity index (χ4v) is 4.91. The maximum atomic E-state index is 13.1. The zero-order chi connectivity index (χ0) is 16.9. The van der Waals surface area contributed by atoms with E-state index in [9.17, 15) is 15.0 Å². The van der Waals surface area contributed by atoms with Gasteiger partial charge in [0.15, 0.2) is 5.78 Å². The highest BCUT2D eigenvalue weighted by Crippen LogP contribution is 2.53. The van der Waals surface area contributed by atoms with Crippen molar-refractivity contribution in [3.63, 3.8) is 0 Å². The first-order valence-electron chi connectivity index (χ1n) is 8.72. The van der Waals surface area contributed by atoms with Crippen LogP contribution in [-0.2, 0) is 4.79 Å². The number of allylic oxidation sites excluding steroid dienone is 1. The van der Waals surface area contributed by atoms with E-state index in [4.69, 9.17) is 0 Å². The average Bonchev–Trinajstić information content (AvgIpc) is 2.69. The van der Waals surface area contributed by atoms with Crippen LogP contribution >= 0.6 is 0 Å². The molecule has 3 aliphatic carbocycles. The van der Waals surface area contributed by atoms with E-state index in [1.807, 2.05) is 6.92 Å². The molecule has 0 amide bonds. The number of carbonyl (C=O) groups excluding carboxylic acids is 1. The van der Waals surface area contributed by atoms with Crippen molar-refractivity contribution in [1.29, 1.82) is 0 Å². The molecular weight excluding hydrogens is 288 g/mol. The maximum Gasteiger partial charge on any atom is 0.169 e. The van der Waals surface area contributed by atoms with Crippen molar-refractivity contribution in [2.75, 3.05) is 0 Å². The molecule has 0 aromatic heterocycles. The van der Waals surface area contributed by atoms with Crippen LogP contribution in [-0.4, -0.2) is 28.2 Å². The van der Waals surface area contributed by atoms with Gasteiger partial charge in [0, 0.05) is 5.57 Å². The van der Waals surface area contributed by atoms with Crippen LogP contribution in [0.2, 0.25) is 0 Å². The van der Waals surface area contributed by atoms with Crippen molar-refractivity contribution in [1.82, 2.24) is 0 Å². The number of carbonyl (C=O) groups is 1. The lowest BCUT2D eigenvalue weighted by Gasteiger charge is -2.40. The molecule has 0 radical (unpaired) electrons. The van der Waals surface area contributed by atoms with E-state index in [1.165, 1.54) is 0 Å². The van der Waals surface area contributed by atoms with Gasteiger partial charge in [-0.3, -0.25) is 4.79 Å². The Kier molecular flexibility index (Phi) is 4.14. The summed E-state index contributed by atoms with van der Waals surface area (Å²) >= 11 is 0. The number of hydrogen-bond acceptors (Lipinski definition) is 3. The van der Waals surface area contributed by atoms with E-state index >= 15 is 0 Å². The van der Waals surface area contributed by atoms with Crippen LogP contribution in [0.1, 0.15) is 52.9 Å². The number of fused-ring (bicyclic) bond motifs is 2. The number of aliphatic hydroxyl groups excluding tert-OH is 2. The summed E-state index contributed by atoms with van der Waals surface area (Å²) in [6.07, 6.45) is 4.64. The first-order chi connectivity index (χ1) is 10.7. The van der Waals surface area contributed by atoms with Crippen molar-refractivity contribution < 1.29 is 15.0 Å². The summed E-state index contributed by atoms with van der Waals surface area (Å²) in [6.45, 7) is 10.3. The highest BCUT2D eigenvalue weighted by Gasteiger charge is 2.51. The van der Waals surface area contributed by atoms with Gasteiger partial charge in [0.25, 0.3) is 0 Å². The van der Waals surface area contributed by atoms with Gasteiger partial charge in [0.05, 0.1) is 18.1 Å². The molecule has 3 nitrogen and oxygen atoms in total. The normalized spacial score (nSPS) is 39.8. The molecular formula is C20H28O3. The van der Waals surface area contributed by atoms with Crippen molar-refractivity contribution in [2.45, 2.75) is 65.1 Å². The van der Waals surface area contributed by atoms with Crippen LogP contribution in [0.4, 0.5) is 0 Å². The molecule has 4 atom stereocenters. The molecule has 3 heteroatoms. The Labute approximate surface area is 138 Å². The molecule has 0 spiro atoms. The van der Waals surface area contributed by atoms with Crippen LogP contribution in [0.3, 0.4) is 0 Å². The van der Waals surface area contributed by atoms with Crippen molar-refractivity contribution in [3.8, 4) is 0 Å². The van der Waals surface area contributed by atoms with Gasteiger partial charge in [0.1, 0.15) is 0 Å². The summed E-state index contributed by atoms with van der Waals surface area (Å²) in [5.41, 5.74) is 3.46. The summed E-state index contributed by atoms with van der Waals surface area (Å²) in [5.74, 6) is -0.0170. The summed E-state index contributed by atoms with van der Waals surface area (Å²) < 4.78 is 0. The Balaban J connectivity index is 2.10. The van der Waals surface area contributed by atoms with E-state index in [-0.39, 0.29) is 11.2 Å². The summed E-state index contributed by atoms with van der Waals surface area (Å²) in [5, 5.41) is 21.0. The summed E-state index contributed by atoms with van der Waals surface area (Å²) in [7, 11) is 0. The lowest BCUT2D eigenvalue weighted by atomic mass is 9.63. The van der Waals surface area contributed by atoms with E-state index in [0.29, 0.717) is 12.3 Å². The van der Waals surface area contributed by atoms with Gasteiger partial charge < -0.3 is 10.2 Å². The minimum absolute atomic E-state index is 0.0718. The standard InChI is InChI=1S/C20H28O3/c1-11-5-6-13-7-8-15-17(20(13,3)4)19(23)16(18(15)22)12(2)10-14(21)9-11/h10,13-14,16,18,21-22H,1,5-9H2,2-4H3/b12-10-/t13-,14+,16+,18+/m1/s1. The van der Waals surface area contributed by atoms with Crippen molar-refractivity contribution >= 4 is 5.78 Å². The fourth-order valence-electron chi connectivity index (χ4n) is 4.91. The molecule has 0 aromatic rings. The predicted molar refractivity (Wildman–Crippen MR) is 90.8 cm³/mol. The highest BCUT2D eigenvalue weighted by atomic mass is 16.3. The van der Waals surface area contributed by atoms with Crippen LogP contribution in [0, 0.1) is 17.3 Å². The Bertz CT molecular complexity index is 608. The van der Waals surface area contributed by atoms with E-state index in [0.717, 1.165) is 48.0 Å². The third kappa shape index (κ3) is 2.64. The molecule has 0 saturated heterocycles. The second-order valence-electron chi connectivity index (χ2n) is 8.12. The zero-order valence-corrected chi connectivity index (χ0v) is 14.4. The second-order valence-corrected chi connectivity index (χ2v) is 8.12. The summed E-state index contributed by atoms with van der Waals surface area (Å²) in [4.78, 5) is 13.1. The van der Waals surface area contributed by atoms with Crippen LogP contribution in [0.5, 0.6) is 0 Å². The maximum absolute atomic E-state index is 13.1. The number of Topliss-reactive ketones (excluding diaryl/α,β-unsaturated/α-hetero) is 1. The fraction of sp³-hybridized carbons (Fsp3) is 0.650. The molecule has 2 N–H and O–H groups in total. The van der Waals surface area contributed by atoms with Gasteiger partial charge in [-0.05, 0) is 55.9 Å².